The fourth-order valence-corrected chi connectivity index (χ4v) is 5.59. The van der Waals surface area contributed by atoms with E-state index < -0.39 is 28.5 Å². The molecule has 0 aliphatic carbocycles. The minimum atomic E-state index is -3.93. The van der Waals surface area contributed by atoms with E-state index >= 15 is 0 Å². The van der Waals surface area contributed by atoms with Crippen LogP contribution in [0.3, 0.4) is 0 Å². The highest BCUT2D eigenvalue weighted by Crippen LogP contribution is 2.30. The molecule has 2 amide bonds. The summed E-state index contributed by atoms with van der Waals surface area (Å²) in [5.74, 6) is -0.855. The first kappa shape index (κ1) is 31.5. The summed E-state index contributed by atoms with van der Waals surface area (Å²) in [6, 6.07) is 20.5. The van der Waals surface area contributed by atoms with E-state index in [-0.39, 0.29) is 35.6 Å². The molecule has 0 aromatic heterocycles. The fourth-order valence-electron chi connectivity index (χ4n) is 4.16. The minimum Gasteiger partial charge on any atom is -0.352 e. The summed E-state index contributed by atoms with van der Waals surface area (Å²) in [7, 11) is -3.93. The molecular formula is C30H35Cl2N3O4S. The van der Waals surface area contributed by atoms with Crippen LogP contribution in [0.15, 0.2) is 72.8 Å². The molecule has 0 aliphatic rings. The summed E-state index contributed by atoms with van der Waals surface area (Å²) in [5.41, 5.74) is 2.86. The van der Waals surface area contributed by atoms with Crippen molar-refractivity contribution in [3.05, 3.63) is 99.5 Å². The maximum atomic E-state index is 14.1. The minimum absolute atomic E-state index is 0.0890. The van der Waals surface area contributed by atoms with Crippen molar-refractivity contribution in [1.29, 1.82) is 0 Å². The molecule has 40 heavy (non-hydrogen) atoms. The number of nitrogens with zero attached hydrogens (tertiary/aromatic N) is 2. The molecule has 1 N–H and O–H groups in total. The van der Waals surface area contributed by atoms with Crippen LogP contribution in [-0.2, 0) is 32.6 Å². The Morgan fingerprint density at radius 1 is 0.950 bits per heavy atom. The zero-order chi connectivity index (χ0) is 29.4. The first-order valence-corrected chi connectivity index (χ1v) is 15.6. The first-order chi connectivity index (χ1) is 18.9. The number of aryl methyl sites for hydroxylation is 1. The second-order valence-electron chi connectivity index (χ2n) is 9.90. The van der Waals surface area contributed by atoms with Crippen molar-refractivity contribution in [3.8, 4) is 0 Å². The smallest absolute Gasteiger partial charge is 0.244 e. The number of nitrogens with one attached hydrogen (secondary N) is 1. The molecule has 2 atom stereocenters. The molecule has 3 aromatic carbocycles. The Balaban J connectivity index is 2.07. The van der Waals surface area contributed by atoms with Gasteiger partial charge in [-0.05, 0) is 49.6 Å². The molecule has 0 aliphatic heterocycles. The second-order valence-corrected chi connectivity index (χ2v) is 12.6. The van der Waals surface area contributed by atoms with Crippen LogP contribution in [0.1, 0.15) is 37.0 Å². The molecule has 0 bridgehead atoms. The van der Waals surface area contributed by atoms with Crippen LogP contribution in [0.2, 0.25) is 10.0 Å². The molecule has 0 spiro atoms. The number of hydrogen-bond donors (Lipinski definition) is 1. The lowest BCUT2D eigenvalue weighted by Gasteiger charge is -2.34. The van der Waals surface area contributed by atoms with E-state index in [0.29, 0.717) is 11.4 Å². The molecule has 0 radical (unpaired) electrons. The molecule has 10 heteroatoms. The molecular weight excluding hydrogens is 569 g/mol. The van der Waals surface area contributed by atoms with Gasteiger partial charge in [0.2, 0.25) is 21.8 Å². The lowest BCUT2D eigenvalue weighted by atomic mass is 10.0. The van der Waals surface area contributed by atoms with Gasteiger partial charge in [0.1, 0.15) is 12.6 Å². The Morgan fingerprint density at radius 3 is 2.17 bits per heavy atom. The van der Waals surface area contributed by atoms with Crippen molar-refractivity contribution in [3.63, 3.8) is 0 Å². The quantitative estimate of drug-likeness (QED) is 0.291. The standard InChI is InChI=1S/C30H35Cl2N3O4S/c1-5-22(3)33-30(37)28(17-23-9-7-6-8-10-23)34(19-24-13-11-21(2)12-14-24)29(36)20-35(40(4,38)39)27-16-15-25(31)18-26(27)32/h6-16,18,22,28H,5,17,19-20H2,1-4H3,(H,33,37)/t22-,28+/m0/s1. The molecule has 7 nitrogen and oxygen atoms in total. The van der Waals surface area contributed by atoms with Crippen LogP contribution in [0.5, 0.6) is 0 Å². The monoisotopic (exact) mass is 603 g/mol. The van der Waals surface area contributed by atoms with Gasteiger partial charge in [-0.1, -0.05) is 90.3 Å². The van der Waals surface area contributed by atoms with E-state index in [2.05, 4.69) is 5.32 Å². The van der Waals surface area contributed by atoms with Crippen LogP contribution >= 0.6 is 23.2 Å². The molecule has 214 valence electrons. The topological polar surface area (TPSA) is 86.8 Å². The van der Waals surface area contributed by atoms with Crippen LogP contribution in [0.25, 0.3) is 0 Å². The maximum absolute atomic E-state index is 14.1. The molecule has 0 unspecified atom stereocenters. The normalized spacial score (nSPS) is 12.8. The average molecular weight is 605 g/mol. The van der Waals surface area contributed by atoms with E-state index in [4.69, 9.17) is 23.2 Å². The van der Waals surface area contributed by atoms with Gasteiger partial charge in [-0.2, -0.15) is 0 Å². The van der Waals surface area contributed by atoms with Crippen molar-refractivity contribution in [1.82, 2.24) is 10.2 Å². The highest BCUT2D eigenvalue weighted by molar-refractivity contribution is 7.92. The number of carbonyl (C=O) groups is 2. The van der Waals surface area contributed by atoms with E-state index in [1.165, 1.54) is 23.1 Å². The highest BCUT2D eigenvalue weighted by Gasteiger charge is 2.33. The van der Waals surface area contributed by atoms with E-state index in [9.17, 15) is 18.0 Å². The second kappa shape index (κ2) is 14.0. The van der Waals surface area contributed by atoms with Crippen molar-refractivity contribution >= 4 is 50.7 Å². The number of carbonyl (C=O) groups excluding carboxylic acids is 2. The lowest BCUT2D eigenvalue weighted by molar-refractivity contribution is -0.140. The predicted octanol–water partition coefficient (Wildman–Crippen LogP) is 5.62. The molecule has 0 fully saturated rings. The number of halogens is 2. The third-order valence-electron chi connectivity index (χ3n) is 6.60. The van der Waals surface area contributed by atoms with Gasteiger partial charge < -0.3 is 10.2 Å². The first-order valence-electron chi connectivity index (χ1n) is 13.0. The number of anilines is 1. The molecule has 0 saturated carbocycles. The number of sulfonamides is 1. The van der Waals surface area contributed by atoms with Gasteiger partial charge in [0, 0.05) is 24.0 Å². The van der Waals surface area contributed by atoms with Gasteiger partial charge in [-0.3, -0.25) is 13.9 Å². The van der Waals surface area contributed by atoms with E-state index in [1.54, 1.807) is 0 Å². The number of rotatable bonds is 12. The predicted molar refractivity (Wildman–Crippen MR) is 162 cm³/mol. The van der Waals surface area contributed by atoms with Gasteiger partial charge in [0.15, 0.2) is 0 Å². The third kappa shape index (κ3) is 8.71. The number of hydrogen-bond acceptors (Lipinski definition) is 4. The van der Waals surface area contributed by atoms with Gasteiger partial charge >= 0.3 is 0 Å². The number of amides is 2. The zero-order valence-corrected chi connectivity index (χ0v) is 25.4. The SMILES string of the molecule is CC[C@H](C)NC(=O)[C@@H](Cc1ccccc1)N(Cc1ccc(C)cc1)C(=O)CN(c1ccc(Cl)cc1Cl)S(C)(=O)=O. The van der Waals surface area contributed by atoms with Crippen molar-refractivity contribution in [2.75, 3.05) is 17.1 Å². The Morgan fingerprint density at radius 2 is 1.60 bits per heavy atom. The molecule has 3 rings (SSSR count). The van der Waals surface area contributed by atoms with Gasteiger partial charge in [0.25, 0.3) is 0 Å². The summed E-state index contributed by atoms with van der Waals surface area (Å²) in [6.45, 7) is 5.39. The average Bonchev–Trinajstić information content (AvgIpc) is 2.90. The molecule has 0 saturated heterocycles. The van der Waals surface area contributed by atoms with E-state index in [1.807, 2.05) is 75.4 Å². The third-order valence-corrected chi connectivity index (χ3v) is 8.27. The van der Waals surface area contributed by atoms with Crippen LogP contribution in [0.4, 0.5) is 5.69 Å². The molecule has 3 aromatic rings. The fraction of sp³-hybridized carbons (Fsp3) is 0.333. The van der Waals surface area contributed by atoms with Crippen molar-refractivity contribution < 1.29 is 18.0 Å². The summed E-state index contributed by atoms with van der Waals surface area (Å²) in [5, 5.41) is 3.43. The van der Waals surface area contributed by atoms with Gasteiger partial charge in [-0.15, -0.1) is 0 Å². The van der Waals surface area contributed by atoms with Gasteiger partial charge in [-0.25, -0.2) is 8.42 Å². The van der Waals surface area contributed by atoms with E-state index in [0.717, 1.165) is 27.3 Å². The van der Waals surface area contributed by atoms with Crippen LogP contribution in [-0.4, -0.2) is 50.0 Å². The lowest BCUT2D eigenvalue weighted by Crippen LogP contribution is -2.54. The molecule has 0 heterocycles. The highest BCUT2D eigenvalue weighted by atomic mass is 35.5. The Labute approximate surface area is 247 Å². The summed E-state index contributed by atoms with van der Waals surface area (Å²) >= 11 is 12.4. The number of benzene rings is 3. The maximum Gasteiger partial charge on any atom is 0.244 e. The Kier molecular flexibility index (Phi) is 11.0. The Hall–Kier alpha value is -3.07. The summed E-state index contributed by atoms with van der Waals surface area (Å²) in [6.07, 6.45) is 1.97. The van der Waals surface area contributed by atoms with Gasteiger partial charge in [0.05, 0.1) is 17.0 Å². The van der Waals surface area contributed by atoms with Crippen molar-refractivity contribution in [2.45, 2.75) is 52.2 Å². The zero-order valence-electron chi connectivity index (χ0n) is 23.1. The van der Waals surface area contributed by atoms with Crippen molar-refractivity contribution in [2.24, 2.45) is 0 Å². The largest absolute Gasteiger partial charge is 0.352 e. The van der Waals surface area contributed by atoms with Crippen LogP contribution < -0.4 is 9.62 Å². The summed E-state index contributed by atoms with van der Waals surface area (Å²) < 4.78 is 26.7. The van der Waals surface area contributed by atoms with Crippen LogP contribution in [0, 0.1) is 6.92 Å². The summed E-state index contributed by atoms with van der Waals surface area (Å²) in [4.78, 5) is 29.2. The Bertz CT molecular complexity index is 1420.